The Bertz CT molecular complexity index is 298. The highest BCUT2D eigenvalue weighted by Crippen LogP contribution is 2.53. The predicted molar refractivity (Wildman–Crippen MR) is 42.0 cm³/mol. The molecule has 0 amide bonds. The Morgan fingerprint density at radius 2 is 2.54 bits per heavy atom. The SMILES string of the molecule is COC(=O)C12OC1C=CCC1OC12. The van der Waals surface area contributed by atoms with Crippen molar-refractivity contribution in [2.45, 2.75) is 30.3 Å². The monoisotopic (exact) mass is 182 g/mol. The maximum atomic E-state index is 11.5. The fraction of sp³-hybridized carbons (Fsp3) is 0.667. The third-order valence-corrected chi connectivity index (χ3v) is 2.88. The van der Waals surface area contributed by atoms with E-state index in [2.05, 4.69) is 0 Å². The lowest BCUT2D eigenvalue weighted by atomic mass is 10.0. The van der Waals surface area contributed by atoms with Crippen LogP contribution in [0.4, 0.5) is 0 Å². The zero-order valence-electron chi connectivity index (χ0n) is 7.23. The molecule has 2 saturated heterocycles. The molecule has 0 saturated carbocycles. The van der Waals surface area contributed by atoms with Crippen LogP contribution in [0.3, 0.4) is 0 Å². The number of carbonyl (C=O) groups excluding carboxylic acids is 1. The second-order valence-corrected chi connectivity index (χ2v) is 3.58. The van der Waals surface area contributed by atoms with E-state index in [1.807, 2.05) is 12.2 Å². The first kappa shape index (κ1) is 7.53. The maximum Gasteiger partial charge on any atom is 0.344 e. The van der Waals surface area contributed by atoms with Crippen molar-refractivity contribution in [3.05, 3.63) is 12.2 Å². The Morgan fingerprint density at radius 1 is 1.69 bits per heavy atom. The van der Waals surface area contributed by atoms with E-state index in [0.29, 0.717) is 0 Å². The molecule has 0 aromatic heterocycles. The minimum atomic E-state index is -0.799. The zero-order valence-corrected chi connectivity index (χ0v) is 7.23. The number of methoxy groups -OCH3 is 1. The van der Waals surface area contributed by atoms with Crippen LogP contribution in [0.25, 0.3) is 0 Å². The van der Waals surface area contributed by atoms with Crippen molar-refractivity contribution < 1.29 is 19.0 Å². The standard InChI is InChI=1S/C9H10O4/c1-11-8(10)9-6(13-9)4-2-3-5-7(9)12-5/h2,4-7H,3H2,1H3. The lowest BCUT2D eigenvalue weighted by molar-refractivity contribution is -0.147. The van der Waals surface area contributed by atoms with Crippen LogP contribution in [0, 0.1) is 0 Å². The van der Waals surface area contributed by atoms with Crippen LogP contribution in [0.2, 0.25) is 0 Å². The van der Waals surface area contributed by atoms with E-state index >= 15 is 0 Å². The van der Waals surface area contributed by atoms with Gasteiger partial charge < -0.3 is 14.2 Å². The van der Waals surface area contributed by atoms with Crippen molar-refractivity contribution >= 4 is 5.97 Å². The summed E-state index contributed by atoms with van der Waals surface area (Å²) >= 11 is 0. The third kappa shape index (κ3) is 0.796. The van der Waals surface area contributed by atoms with E-state index in [-0.39, 0.29) is 24.3 Å². The molecule has 0 radical (unpaired) electrons. The fourth-order valence-corrected chi connectivity index (χ4v) is 2.06. The molecule has 13 heavy (non-hydrogen) atoms. The number of rotatable bonds is 1. The van der Waals surface area contributed by atoms with Crippen LogP contribution >= 0.6 is 0 Å². The van der Waals surface area contributed by atoms with Crippen molar-refractivity contribution in [2.75, 3.05) is 7.11 Å². The molecule has 3 aliphatic rings. The van der Waals surface area contributed by atoms with Crippen molar-refractivity contribution in [2.24, 2.45) is 0 Å². The van der Waals surface area contributed by atoms with Crippen molar-refractivity contribution in [1.82, 2.24) is 0 Å². The van der Waals surface area contributed by atoms with Gasteiger partial charge in [0.25, 0.3) is 0 Å². The topological polar surface area (TPSA) is 51.4 Å². The summed E-state index contributed by atoms with van der Waals surface area (Å²) in [7, 11) is 1.38. The van der Waals surface area contributed by atoms with E-state index in [0.717, 1.165) is 6.42 Å². The summed E-state index contributed by atoms with van der Waals surface area (Å²) in [6, 6.07) is 0. The first-order chi connectivity index (χ1) is 6.29. The van der Waals surface area contributed by atoms with Gasteiger partial charge in [0.1, 0.15) is 12.2 Å². The molecule has 0 aromatic carbocycles. The van der Waals surface area contributed by atoms with Gasteiger partial charge in [-0.15, -0.1) is 0 Å². The highest BCUT2D eigenvalue weighted by molar-refractivity contribution is 5.85. The summed E-state index contributed by atoms with van der Waals surface area (Å²) in [6.45, 7) is 0. The summed E-state index contributed by atoms with van der Waals surface area (Å²) in [5.41, 5.74) is -0.799. The number of ether oxygens (including phenoxy) is 3. The molecule has 0 aromatic rings. The molecule has 0 N–H and O–H groups in total. The number of epoxide rings is 2. The molecule has 70 valence electrons. The van der Waals surface area contributed by atoms with Gasteiger partial charge in [0.05, 0.1) is 13.2 Å². The Hall–Kier alpha value is -0.870. The van der Waals surface area contributed by atoms with Crippen LogP contribution in [-0.2, 0) is 19.0 Å². The lowest BCUT2D eigenvalue weighted by Crippen LogP contribution is -2.35. The van der Waals surface area contributed by atoms with Gasteiger partial charge in [-0.05, 0) is 6.42 Å². The van der Waals surface area contributed by atoms with Gasteiger partial charge in [0, 0.05) is 0 Å². The quantitative estimate of drug-likeness (QED) is 0.326. The van der Waals surface area contributed by atoms with Gasteiger partial charge in [-0.1, -0.05) is 12.2 Å². The van der Waals surface area contributed by atoms with Gasteiger partial charge >= 0.3 is 5.97 Å². The zero-order chi connectivity index (χ0) is 9.05. The van der Waals surface area contributed by atoms with Crippen LogP contribution in [0.1, 0.15) is 6.42 Å². The Labute approximate surface area is 75.5 Å². The van der Waals surface area contributed by atoms with Gasteiger partial charge in [0.2, 0.25) is 5.60 Å². The molecular weight excluding hydrogens is 172 g/mol. The first-order valence-corrected chi connectivity index (χ1v) is 4.37. The summed E-state index contributed by atoms with van der Waals surface area (Å²) in [6.07, 6.45) is 4.75. The first-order valence-electron chi connectivity index (χ1n) is 4.37. The molecule has 4 heteroatoms. The number of hydrogen-bond donors (Lipinski definition) is 0. The number of fused-ring (bicyclic) bond motifs is 3. The summed E-state index contributed by atoms with van der Waals surface area (Å²) in [4.78, 5) is 11.5. The molecule has 0 bridgehead atoms. The van der Waals surface area contributed by atoms with E-state index in [1.165, 1.54) is 7.11 Å². The maximum absolute atomic E-state index is 11.5. The molecule has 1 aliphatic carbocycles. The van der Waals surface area contributed by atoms with Crippen LogP contribution < -0.4 is 0 Å². The van der Waals surface area contributed by atoms with Gasteiger partial charge in [-0.25, -0.2) is 4.79 Å². The molecule has 2 heterocycles. The third-order valence-electron chi connectivity index (χ3n) is 2.88. The van der Waals surface area contributed by atoms with Gasteiger partial charge in [-0.3, -0.25) is 0 Å². The van der Waals surface area contributed by atoms with Crippen molar-refractivity contribution in [3.63, 3.8) is 0 Å². The minimum Gasteiger partial charge on any atom is -0.467 e. The average molecular weight is 182 g/mol. The number of esters is 1. The van der Waals surface area contributed by atoms with Crippen molar-refractivity contribution in [1.29, 1.82) is 0 Å². The van der Waals surface area contributed by atoms with Crippen LogP contribution in [0.5, 0.6) is 0 Å². The molecule has 3 rings (SSSR count). The van der Waals surface area contributed by atoms with E-state index < -0.39 is 5.60 Å². The molecule has 4 nitrogen and oxygen atoms in total. The lowest BCUT2D eigenvalue weighted by Gasteiger charge is -2.05. The largest absolute Gasteiger partial charge is 0.467 e. The Balaban J connectivity index is 1.92. The van der Waals surface area contributed by atoms with E-state index in [4.69, 9.17) is 14.2 Å². The van der Waals surface area contributed by atoms with Gasteiger partial charge in [0.15, 0.2) is 0 Å². The molecule has 2 fully saturated rings. The summed E-state index contributed by atoms with van der Waals surface area (Å²) < 4.78 is 15.4. The molecule has 0 spiro atoms. The normalized spacial score (nSPS) is 50.1. The molecule has 4 atom stereocenters. The predicted octanol–water partition coefficient (Wildman–Crippen LogP) is 0.0243. The van der Waals surface area contributed by atoms with Crippen molar-refractivity contribution in [3.8, 4) is 0 Å². The smallest absolute Gasteiger partial charge is 0.344 e. The molecular formula is C9H10O4. The molecule has 2 aliphatic heterocycles. The summed E-state index contributed by atoms with van der Waals surface area (Å²) in [5.74, 6) is -0.309. The minimum absolute atomic E-state index is 0.0834. The van der Waals surface area contributed by atoms with E-state index in [1.54, 1.807) is 0 Å². The van der Waals surface area contributed by atoms with E-state index in [9.17, 15) is 4.79 Å². The Morgan fingerprint density at radius 3 is 3.31 bits per heavy atom. The second kappa shape index (κ2) is 2.13. The van der Waals surface area contributed by atoms with Crippen LogP contribution in [0.15, 0.2) is 12.2 Å². The Kier molecular flexibility index (Phi) is 1.24. The van der Waals surface area contributed by atoms with Gasteiger partial charge in [-0.2, -0.15) is 0 Å². The highest BCUT2D eigenvalue weighted by Gasteiger charge is 2.75. The fourth-order valence-electron chi connectivity index (χ4n) is 2.06. The second-order valence-electron chi connectivity index (χ2n) is 3.58. The average Bonchev–Trinajstić information content (AvgIpc) is 2.91. The van der Waals surface area contributed by atoms with Crippen LogP contribution in [-0.4, -0.2) is 37.0 Å². The number of carbonyl (C=O) groups is 1. The summed E-state index contributed by atoms with van der Waals surface area (Å²) in [5, 5.41) is 0. The highest BCUT2D eigenvalue weighted by atomic mass is 16.7. The molecule has 4 unspecified atom stereocenters. The number of hydrogen-bond acceptors (Lipinski definition) is 4.